The third-order valence-electron chi connectivity index (χ3n) is 4.67. The molecule has 0 amide bonds. The Morgan fingerprint density at radius 1 is 0.714 bits per heavy atom. The van der Waals surface area contributed by atoms with E-state index in [1.54, 1.807) is 0 Å². The van der Waals surface area contributed by atoms with E-state index in [9.17, 15) is 0 Å². The summed E-state index contributed by atoms with van der Waals surface area (Å²) in [7, 11) is 0. The zero-order valence-electron chi connectivity index (χ0n) is 17.1. The van der Waals surface area contributed by atoms with Crippen LogP contribution < -0.4 is 4.74 Å². The molecule has 2 rings (SSSR count). The quantitative estimate of drug-likeness (QED) is 0.163. The molecule has 4 heteroatoms. The van der Waals surface area contributed by atoms with Crippen molar-refractivity contribution in [1.29, 1.82) is 0 Å². The van der Waals surface area contributed by atoms with Crippen LogP contribution in [-0.4, -0.2) is 11.9 Å². The minimum atomic E-state index is 0.772. The normalized spacial score (nSPS) is 11.2. The van der Waals surface area contributed by atoms with Gasteiger partial charge in [0.05, 0.1) is 18.0 Å². The van der Waals surface area contributed by atoms with Gasteiger partial charge >= 0.3 is 0 Å². The molecule has 152 valence electrons. The molecule has 0 saturated heterocycles. The Labute approximate surface area is 178 Å². The molecule has 0 aliphatic heterocycles. The summed E-state index contributed by atoms with van der Waals surface area (Å²) >= 11 is 3.46. The first-order valence-electron chi connectivity index (χ1n) is 10.6. The third kappa shape index (κ3) is 9.50. The molecule has 28 heavy (non-hydrogen) atoms. The van der Waals surface area contributed by atoms with Gasteiger partial charge < -0.3 is 4.74 Å². The van der Waals surface area contributed by atoms with Crippen molar-refractivity contribution in [1.82, 2.24) is 0 Å². The van der Waals surface area contributed by atoms with Crippen LogP contribution in [0.25, 0.3) is 0 Å². The highest BCUT2D eigenvalue weighted by molar-refractivity contribution is 9.09. The van der Waals surface area contributed by atoms with Gasteiger partial charge in [0.1, 0.15) is 5.75 Å². The summed E-state index contributed by atoms with van der Waals surface area (Å²) in [5.41, 5.74) is 3.11. The van der Waals surface area contributed by atoms with Crippen molar-refractivity contribution >= 4 is 27.3 Å². The Kier molecular flexibility index (Phi) is 11.6. The summed E-state index contributed by atoms with van der Waals surface area (Å²) in [5.74, 6) is 0.895. The van der Waals surface area contributed by atoms with E-state index in [1.165, 1.54) is 50.5 Å². The Morgan fingerprint density at radius 2 is 1.32 bits per heavy atom. The van der Waals surface area contributed by atoms with Crippen LogP contribution in [0, 0.1) is 0 Å². The van der Waals surface area contributed by atoms with E-state index in [4.69, 9.17) is 4.74 Å². The number of azo groups is 1. The third-order valence-corrected chi connectivity index (χ3v) is 5.23. The van der Waals surface area contributed by atoms with Crippen molar-refractivity contribution in [2.24, 2.45) is 10.2 Å². The minimum Gasteiger partial charge on any atom is -0.494 e. The standard InChI is InChI=1S/C24H33BrN2O/c1-2-3-4-7-10-21-11-13-22(14-12-21)26-27-23-15-17-24(18-16-23)28-20-9-6-5-8-19-25/h11-18H,2-10,19-20H2,1H3. The summed E-state index contributed by atoms with van der Waals surface area (Å²) in [6.45, 7) is 3.02. The molecule has 0 bridgehead atoms. The first-order valence-corrected chi connectivity index (χ1v) is 11.7. The molecule has 0 aliphatic rings. The number of hydrogen-bond donors (Lipinski definition) is 0. The summed E-state index contributed by atoms with van der Waals surface area (Å²) < 4.78 is 5.78. The van der Waals surface area contributed by atoms with Gasteiger partial charge in [0.2, 0.25) is 0 Å². The molecule has 0 heterocycles. The van der Waals surface area contributed by atoms with Gasteiger partial charge in [-0.25, -0.2) is 0 Å². The highest BCUT2D eigenvalue weighted by Gasteiger charge is 1.97. The van der Waals surface area contributed by atoms with Crippen molar-refractivity contribution in [3.63, 3.8) is 0 Å². The van der Waals surface area contributed by atoms with E-state index in [0.717, 1.165) is 41.9 Å². The molecule has 3 nitrogen and oxygen atoms in total. The van der Waals surface area contributed by atoms with Gasteiger partial charge in [-0.3, -0.25) is 0 Å². The fourth-order valence-electron chi connectivity index (χ4n) is 2.95. The van der Waals surface area contributed by atoms with Crippen LogP contribution >= 0.6 is 15.9 Å². The molecule has 0 fully saturated rings. The van der Waals surface area contributed by atoms with Crippen LogP contribution in [0.3, 0.4) is 0 Å². The molecule has 0 aromatic heterocycles. The molecule has 0 N–H and O–H groups in total. The lowest BCUT2D eigenvalue weighted by molar-refractivity contribution is 0.305. The number of unbranched alkanes of at least 4 members (excludes halogenated alkanes) is 6. The number of aryl methyl sites for hydroxylation is 1. The number of alkyl halides is 1. The Balaban J connectivity index is 1.73. The maximum absolute atomic E-state index is 5.78. The lowest BCUT2D eigenvalue weighted by Crippen LogP contribution is -1.96. The zero-order valence-corrected chi connectivity index (χ0v) is 18.7. The molecule has 0 atom stereocenters. The van der Waals surface area contributed by atoms with Crippen LogP contribution in [-0.2, 0) is 6.42 Å². The summed E-state index contributed by atoms with van der Waals surface area (Å²) in [5, 5.41) is 9.76. The van der Waals surface area contributed by atoms with Gasteiger partial charge in [0.25, 0.3) is 0 Å². The maximum atomic E-state index is 5.78. The van der Waals surface area contributed by atoms with E-state index in [-0.39, 0.29) is 0 Å². The monoisotopic (exact) mass is 444 g/mol. The lowest BCUT2D eigenvalue weighted by Gasteiger charge is -2.05. The van der Waals surface area contributed by atoms with E-state index in [1.807, 2.05) is 36.4 Å². The molecular formula is C24H33BrN2O. The van der Waals surface area contributed by atoms with Crippen LogP contribution in [0.4, 0.5) is 11.4 Å². The molecule has 0 unspecified atom stereocenters. The number of nitrogens with zero attached hydrogens (tertiary/aromatic N) is 2. The average molecular weight is 445 g/mol. The Hall–Kier alpha value is -1.68. The second-order valence-corrected chi connectivity index (χ2v) is 7.92. The molecule has 0 saturated carbocycles. The van der Waals surface area contributed by atoms with Gasteiger partial charge in [0.15, 0.2) is 0 Å². The van der Waals surface area contributed by atoms with Gasteiger partial charge in [-0.05, 0) is 67.6 Å². The minimum absolute atomic E-state index is 0.772. The van der Waals surface area contributed by atoms with E-state index < -0.39 is 0 Å². The van der Waals surface area contributed by atoms with Crippen LogP contribution in [0.1, 0.15) is 63.9 Å². The lowest BCUT2D eigenvalue weighted by atomic mass is 10.1. The number of benzene rings is 2. The molecule has 0 radical (unpaired) electrons. The number of rotatable bonds is 14. The van der Waals surface area contributed by atoms with Gasteiger partial charge in [-0.15, -0.1) is 0 Å². The molecular weight excluding hydrogens is 412 g/mol. The van der Waals surface area contributed by atoms with Crippen LogP contribution in [0.2, 0.25) is 0 Å². The van der Waals surface area contributed by atoms with Crippen LogP contribution in [0.15, 0.2) is 58.8 Å². The fraction of sp³-hybridized carbons (Fsp3) is 0.500. The topological polar surface area (TPSA) is 34.0 Å². The van der Waals surface area contributed by atoms with Gasteiger partial charge in [-0.2, -0.15) is 10.2 Å². The fourth-order valence-corrected chi connectivity index (χ4v) is 3.35. The summed E-state index contributed by atoms with van der Waals surface area (Å²) in [6, 6.07) is 16.2. The second kappa shape index (κ2) is 14.3. The van der Waals surface area contributed by atoms with Gasteiger partial charge in [0, 0.05) is 5.33 Å². The smallest absolute Gasteiger partial charge is 0.119 e. The van der Waals surface area contributed by atoms with Crippen LogP contribution in [0.5, 0.6) is 5.75 Å². The highest BCUT2D eigenvalue weighted by atomic mass is 79.9. The van der Waals surface area contributed by atoms with E-state index in [0.29, 0.717) is 0 Å². The number of hydrogen-bond acceptors (Lipinski definition) is 3. The van der Waals surface area contributed by atoms with Crippen molar-refractivity contribution in [2.75, 3.05) is 11.9 Å². The molecule has 2 aromatic rings. The number of ether oxygens (including phenoxy) is 1. The molecule has 2 aromatic carbocycles. The SMILES string of the molecule is CCCCCCc1ccc(N=Nc2ccc(OCCCCCCBr)cc2)cc1. The van der Waals surface area contributed by atoms with Crippen molar-refractivity contribution in [3.8, 4) is 5.75 Å². The zero-order chi connectivity index (χ0) is 19.9. The molecule has 0 spiro atoms. The highest BCUT2D eigenvalue weighted by Crippen LogP contribution is 2.22. The second-order valence-electron chi connectivity index (χ2n) is 7.12. The average Bonchev–Trinajstić information content (AvgIpc) is 2.74. The first kappa shape index (κ1) is 22.6. The number of halogens is 1. The Bertz CT molecular complexity index is 668. The predicted octanol–water partition coefficient (Wildman–Crippen LogP) is 8.56. The molecule has 0 aliphatic carbocycles. The van der Waals surface area contributed by atoms with Crippen molar-refractivity contribution < 1.29 is 4.74 Å². The van der Waals surface area contributed by atoms with E-state index >= 15 is 0 Å². The Morgan fingerprint density at radius 3 is 1.96 bits per heavy atom. The maximum Gasteiger partial charge on any atom is 0.119 e. The van der Waals surface area contributed by atoms with Gasteiger partial charge in [-0.1, -0.05) is 67.1 Å². The van der Waals surface area contributed by atoms with E-state index in [2.05, 4.69) is 45.2 Å². The van der Waals surface area contributed by atoms with Crippen molar-refractivity contribution in [2.45, 2.75) is 64.7 Å². The first-order chi connectivity index (χ1) is 13.8. The van der Waals surface area contributed by atoms with Crippen molar-refractivity contribution in [3.05, 3.63) is 54.1 Å². The predicted molar refractivity (Wildman–Crippen MR) is 123 cm³/mol. The largest absolute Gasteiger partial charge is 0.494 e. The summed E-state index contributed by atoms with van der Waals surface area (Å²) in [6.07, 6.45) is 11.1. The summed E-state index contributed by atoms with van der Waals surface area (Å²) in [4.78, 5) is 0.